The van der Waals surface area contributed by atoms with Crippen LogP contribution in [0.5, 0.6) is 0 Å². The van der Waals surface area contributed by atoms with E-state index in [9.17, 15) is 4.79 Å². The van der Waals surface area contributed by atoms with Crippen LogP contribution in [0.15, 0.2) is 54.6 Å². The van der Waals surface area contributed by atoms with Crippen LogP contribution >= 0.6 is 11.6 Å². The standard InChI is InChI=1S/C20H24ClN3O/c1-20(22,15-8-3-2-4-9-15)19(25)23-16-10-7-13-24(14-16)18-12-6-5-11-17(18)21/h2-6,8-9,11-12,16H,7,10,13-14,22H2,1H3,(H,23,25). The number of carbonyl (C=O) groups is 1. The zero-order valence-corrected chi connectivity index (χ0v) is 15.2. The molecule has 132 valence electrons. The van der Waals surface area contributed by atoms with Crippen molar-refractivity contribution in [2.45, 2.75) is 31.3 Å². The van der Waals surface area contributed by atoms with E-state index in [2.05, 4.69) is 10.2 Å². The molecule has 0 saturated carbocycles. The number of hydrogen-bond acceptors (Lipinski definition) is 3. The lowest BCUT2D eigenvalue weighted by Crippen LogP contribution is -2.55. The van der Waals surface area contributed by atoms with Crippen LogP contribution in [0.2, 0.25) is 5.02 Å². The van der Waals surface area contributed by atoms with Gasteiger partial charge in [0, 0.05) is 19.1 Å². The van der Waals surface area contributed by atoms with Crippen molar-refractivity contribution in [3.05, 3.63) is 65.2 Å². The van der Waals surface area contributed by atoms with E-state index in [1.165, 1.54) is 0 Å². The largest absolute Gasteiger partial charge is 0.368 e. The average molecular weight is 358 g/mol. The molecule has 1 heterocycles. The van der Waals surface area contributed by atoms with Gasteiger partial charge in [-0.3, -0.25) is 4.79 Å². The summed E-state index contributed by atoms with van der Waals surface area (Å²) in [4.78, 5) is 15.0. The number of anilines is 1. The van der Waals surface area contributed by atoms with E-state index in [0.717, 1.165) is 42.2 Å². The van der Waals surface area contributed by atoms with Gasteiger partial charge in [0.05, 0.1) is 10.7 Å². The predicted molar refractivity (Wildman–Crippen MR) is 103 cm³/mol. The zero-order valence-electron chi connectivity index (χ0n) is 14.4. The van der Waals surface area contributed by atoms with E-state index in [1.807, 2.05) is 54.6 Å². The van der Waals surface area contributed by atoms with Gasteiger partial charge in [0.2, 0.25) is 5.91 Å². The van der Waals surface area contributed by atoms with Gasteiger partial charge >= 0.3 is 0 Å². The van der Waals surface area contributed by atoms with Crippen molar-refractivity contribution in [3.63, 3.8) is 0 Å². The number of nitrogens with two attached hydrogens (primary N) is 1. The molecule has 1 saturated heterocycles. The summed E-state index contributed by atoms with van der Waals surface area (Å²) in [5.41, 5.74) is 7.10. The summed E-state index contributed by atoms with van der Waals surface area (Å²) < 4.78 is 0. The first-order valence-corrected chi connectivity index (χ1v) is 9.01. The van der Waals surface area contributed by atoms with Gasteiger partial charge < -0.3 is 16.0 Å². The highest BCUT2D eigenvalue weighted by molar-refractivity contribution is 6.33. The van der Waals surface area contributed by atoms with Crippen LogP contribution in [0, 0.1) is 0 Å². The van der Waals surface area contributed by atoms with Crippen molar-refractivity contribution >= 4 is 23.2 Å². The Morgan fingerprint density at radius 2 is 1.88 bits per heavy atom. The van der Waals surface area contributed by atoms with Crippen LogP contribution in [0.25, 0.3) is 0 Å². The second kappa shape index (κ2) is 7.46. The number of para-hydroxylation sites is 1. The Balaban J connectivity index is 1.68. The maximum Gasteiger partial charge on any atom is 0.244 e. The van der Waals surface area contributed by atoms with Gasteiger partial charge in [-0.2, -0.15) is 0 Å². The summed E-state index contributed by atoms with van der Waals surface area (Å²) in [5.74, 6) is -0.148. The molecule has 0 aliphatic carbocycles. The number of nitrogens with zero attached hydrogens (tertiary/aromatic N) is 1. The molecule has 2 aromatic carbocycles. The van der Waals surface area contributed by atoms with Gasteiger partial charge in [0.25, 0.3) is 0 Å². The molecule has 2 aromatic rings. The van der Waals surface area contributed by atoms with Gasteiger partial charge in [0.1, 0.15) is 5.54 Å². The van der Waals surface area contributed by atoms with Crippen molar-refractivity contribution in [2.75, 3.05) is 18.0 Å². The predicted octanol–water partition coefficient (Wildman–Crippen LogP) is 3.30. The third-order valence-corrected chi connectivity index (χ3v) is 5.11. The van der Waals surface area contributed by atoms with E-state index in [1.54, 1.807) is 6.92 Å². The Labute approximate surface area is 154 Å². The second-order valence-electron chi connectivity index (χ2n) is 6.78. The van der Waals surface area contributed by atoms with Crippen LogP contribution in [-0.2, 0) is 10.3 Å². The zero-order chi connectivity index (χ0) is 17.9. The van der Waals surface area contributed by atoms with Gasteiger partial charge in [-0.1, -0.05) is 54.1 Å². The third kappa shape index (κ3) is 3.97. The topological polar surface area (TPSA) is 58.4 Å². The number of benzene rings is 2. The van der Waals surface area contributed by atoms with Crippen molar-refractivity contribution in [3.8, 4) is 0 Å². The molecule has 0 radical (unpaired) electrons. The molecule has 1 fully saturated rings. The highest BCUT2D eigenvalue weighted by Crippen LogP contribution is 2.28. The quantitative estimate of drug-likeness (QED) is 0.882. The minimum atomic E-state index is -1.05. The molecule has 2 unspecified atom stereocenters. The molecule has 3 N–H and O–H groups in total. The summed E-state index contributed by atoms with van der Waals surface area (Å²) in [6, 6.07) is 17.4. The highest BCUT2D eigenvalue weighted by atomic mass is 35.5. The molecule has 25 heavy (non-hydrogen) atoms. The molecule has 1 amide bonds. The Hall–Kier alpha value is -2.04. The van der Waals surface area contributed by atoms with Crippen molar-refractivity contribution in [2.24, 2.45) is 5.73 Å². The van der Waals surface area contributed by atoms with Crippen molar-refractivity contribution < 1.29 is 4.79 Å². The van der Waals surface area contributed by atoms with E-state index < -0.39 is 5.54 Å². The van der Waals surface area contributed by atoms with Gasteiger partial charge in [-0.05, 0) is 37.5 Å². The normalized spacial score (nSPS) is 20.0. The first kappa shape index (κ1) is 17.8. The smallest absolute Gasteiger partial charge is 0.244 e. The van der Waals surface area contributed by atoms with E-state index >= 15 is 0 Å². The molecule has 4 nitrogen and oxygen atoms in total. The molecule has 0 spiro atoms. The van der Waals surface area contributed by atoms with Crippen molar-refractivity contribution in [1.29, 1.82) is 0 Å². The Morgan fingerprint density at radius 3 is 2.60 bits per heavy atom. The SMILES string of the molecule is CC(N)(C(=O)NC1CCCN(c2ccccc2Cl)C1)c1ccccc1. The number of nitrogens with one attached hydrogen (secondary N) is 1. The van der Waals surface area contributed by atoms with E-state index in [-0.39, 0.29) is 11.9 Å². The fraction of sp³-hybridized carbons (Fsp3) is 0.350. The first-order valence-electron chi connectivity index (χ1n) is 8.63. The Kier molecular flexibility index (Phi) is 5.30. The number of rotatable bonds is 4. The summed E-state index contributed by atoms with van der Waals surface area (Å²) >= 11 is 6.31. The maximum atomic E-state index is 12.8. The number of amides is 1. The highest BCUT2D eigenvalue weighted by Gasteiger charge is 2.33. The van der Waals surface area contributed by atoms with Gasteiger partial charge in [-0.25, -0.2) is 0 Å². The lowest BCUT2D eigenvalue weighted by atomic mass is 9.91. The fourth-order valence-electron chi connectivity index (χ4n) is 3.27. The molecule has 1 aliphatic heterocycles. The average Bonchev–Trinajstić information content (AvgIpc) is 2.63. The van der Waals surface area contributed by atoms with Crippen LogP contribution in [0.4, 0.5) is 5.69 Å². The maximum absolute atomic E-state index is 12.8. The molecule has 0 aromatic heterocycles. The molecule has 0 bridgehead atoms. The van der Waals surface area contributed by atoms with Gasteiger partial charge in [0.15, 0.2) is 0 Å². The van der Waals surface area contributed by atoms with Crippen LogP contribution < -0.4 is 16.0 Å². The molecular formula is C20H24ClN3O. The van der Waals surface area contributed by atoms with Crippen LogP contribution in [0.3, 0.4) is 0 Å². The molecular weight excluding hydrogens is 334 g/mol. The van der Waals surface area contributed by atoms with E-state index in [0.29, 0.717) is 0 Å². The number of piperidine rings is 1. The second-order valence-corrected chi connectivity index (χ2v) is 7.19. The number of hydrogen-bond donors (Lipinski definition) is 2. The molecule has 2 atom stereocenters. The number of carbonyl (C=O) groups excluding carboxylic acids is 1. The summed E-state index contributed by atoms with van der Waals surface area (Å²) in [6.45, 7) is 3.43. The molecule has 1 aliphatic rings. The van der Waals surface area contributed by atoms with E-state index in [4.69, 9.17) is 17.3 Å². The van der Waals surface area contributed by atoms with Crippen LogP contribution in [0.1, 0.15) is 25.3 Å². The van der Waals surface area contributed by atoms with Gasteiger partial charge in [-0.15, -0.1) is 0 Å². The minimum absolute atomic E-state index is 0.0594. The minimum Gasteiger partial charge on any atom is -0.368 e. The molecule has 5 heteroatoms. The Morgan fingerprint density at radius 1 is 1.20 bits per heavy atom. The van der Waals surface area contributed by atoms with Crippen molar-refractivity contribution in [1.82, 2.24) is 5.32 Å². The monoisotopic (exact) mass is 357 g/mol. The fourth-order valence-corrected chi connectivity index (χ4v) is 3.53. The lowest BCUT2D eigenvalue weighted by molar-refractivity contribution is -0.126. The van der Waals surface area contributed by atoms with Crippen LogP contribution in [-0.4, -0.2) is 25.0 Å². The summed E-state index contributed by atoms with van der Waals surface area (Å²) in [7, 11) is 0. The third-order valence-electron chi connectivity index (χ3n) is 4.79. The number of halogens is 1. The summed E-state index contributed by atoms with van der Waals surface area (Å²) in [6.07, 6.45) is 1.94. The lowest BCUT2D eigenvalue weighted by Gasteiger charge is -2.36. The Bertz CT molecular complexity index is 733. The first-order chi connectivity index (χ1) is 12.0. The summed E-state index contributed by atoms with van der Waals surface area (Å²) in [5, 5.41) is 3.87. The molecule has 3 rings (SSSR count).